The van der Waals surface area contributed by atoms with Crippen LogP contribution in [0.15, 0.2) is 0 Å². The lowest BCUT2D eigenvalue weighted by molar-refractivity contribution is -0.136. The molecule has 0 radical (unpaired) electrons. The molecular weight excluding hydrogens is 204 g/mol. The van der Waals surface area contributed by atoms with Gasteiger partial charge in [0.1, 0.15) is 0 Å². The maximum atomic E-state index is 11.7. The van der Waals surface area contributed by atoms with Gasteiger partial charge in [0.15, 0.2) is 0 Å². The lowest BCUT2D eigenvalue weighted by atomic mass is 10.1. The Kier molecular flexibility index (Phi) is 4.33. The van der Waals surface area contributed by atoms with Crippen LogP contribution in [0, 0.1) is 5.92 Å². The molecule has 1 amide bonds. The second kappa shape index (κ2) is 5.15. The molecule has 0 aromatic carbocycles. The van der Waals surface area contributed by atoms with Crippen LogP contribution in [-0.2, 0) is 4.79 Å². The van der Waals surface area contributed by atoms with Crippen molar-refractivity contribution in [2.45, 2.75) is 33.3 Å². The first kappa shape index (κ1) is 13.5. The average Bonchev–Trinajstić information content (AvgIpc) is 2.15. The number of rotatable bonds is 3. The molecule has 0 aromatic rings. The van der Waals surface area contributed by atoms with Crippen molar-refractivity contribution in [2.24, 2.45) is 5.92 Å². The molecule has 0 saturated carbocycles. The highest BCUT2D eigenvalue weighted by Crippen LogP contribution is 2.10. The van der Waals surface area contributed by atoms with Crippen molar-refractivity contribution in [1.29, 1.82) is 0 Å². The van der Waals surface area contributed by atoms with Crippen molar-refractivity contribution in [1.82, 2.24) is 9.80 Å². The highest BCUT2D eigenvalue weighted by Gasteiger charge is 2.25. The first-order valence-electron chi connectivity index (χ1n) is 6.03. The Hall–Kier alpha value is -0.610. The summed E-state index contributed by atoms with van der Waals surface area (Å²) in [6, 6.07) is 0. The second-order valence-electron chi connectivity index (χ2n) is 5.57. The molecule has 0 spiro atoms. The zero-order valence-corrected chi connectivity index (χ0v) is 10.9. The van der Waals surface area contributed by atoms with Gasteiger partial charge in [-0.05, 0) is 13.8 Å². The van der Waals surface area contributed by atoms with E-state index in [2.05, 4.69) is 4.90 Å². The van der Waals surface area contributed by atoms with Gasteiger partial charge in [-0.3, -0.25) is 9.69 Å². The van der Waals surface area contributed by atoms with Gasteiger partial charge in [-0.25, -0.2) is 0 Å². The third-order valence-electron chi connectivity index (χ3n) is 2.79. The molecule has 1 aliphatic heterocycles. The third-order valence-corrected chi connectivity index (χ3v) is 2.79. The fourth-order valence-electron chi connectivity index (χ4n) is 2.04. The SMILES string of the molecule is CC(C)C(=O)N1CCN(CC(C)(C)O)CC1. The molecule has 1 heterocycles. The Labute approximate surface area is 98.2 Å². The molecule has 0 aliphatic carbocycles. The van der Waals surface area contributed by atoms with Gasteiger partial charge in [-0.15, -0.1) is 0 Å². The highest BCUT2D eigenvalue weighted by molar-refractivity contribution is 5.78. The Morgan fingerprint density at radius 3 is 2.12 bits per heavy atom. The number of hydrogen-bond donors (Lipinski definition) is 1. The number of hydrogen-bond acceptors (Lipinski definition) is 3. The van der Waals surface area contributed by atoms with Gasteiger partial charge in [0.25, 0.3) is 0 Å². The van der Waals surface area contributed by atoms with Gasteiger partial charge in [0, 0.05) is 38.6 Å². The fraction of sp³-hybridized carbons (Fsp3) is 0.917. The number of piperazine rings is 1. The van der Waals surface area contributed by atoms with E-state index in [1.807, 2.05) is 32.6 Å². The van der Waals surface area contributed by atoms with E-state index in [0.717, 1.165) is 26.2 Å². The van der Waals surface area contributed by atoms with E-state index in [0.29, 0.717) is 6.54 Å². The molecule has 4 heteroatoms. The summed E-state index contributed by atoms with van der Waals surface area (Å²) in [5.41, 5.74) is -0.649. The van der Waals surface area contributed by atoms with Gasteiger partial charge >= 0.3 is 0 Å². The molecule has 1 N–H and O–H groups in total. The lowest BCUT2D eigenvalue weighted by Gasteiger charge is -2.37. The molecule has 1 fully saturated rings. The minimum absolute atomic E-state index is 0.0841. The third kappa shape index (κ3) is 4.10. The van der Waals surface area contributed by atoms with E-state index in [4.69, 9.17) is 0 Å². The van der Waals surface area contributed by atoms with Gasteiger partial charge in [-0.2, -0.15) is 0 Å². The summed E-state index contributed by atoms with van der Waals surface area (Å²) in [7, 11) is 0. The summed E-state index contributed by atoms with van der Waals surface area (Å²) >= 11 is 0. The van der Waals surface area contributed by atoms with Crippen LogP contribution >= 0.6 is 0 Å². The molecule has 4 nitrogen and oxygen atoms in total. The van der Waals surface area contributed by atoms with Crippen LogP contribution in [-0.4, -0.2) is 59.1 Å². The van der Waals surface area contributed by atoms with Gasteiger partial charge in [-0.1, -0.05) is 13.8 Å². The maximum Gasteiger partial charge on any atom is 0.225 e. The first-order chi connectivity index (χ1) is 7.29. The Morgan fingerprint density at radius 2 is 1.75 bits per heavy atom. The van der Waals surface area contributed by atoms with Crippen molar-refractivity contribution < 1.29 is 9.90 Å². The normalized spacial score (nSPS) is 19.2. The molecule has 0 atom stereocenters. The minimum Gasteiger partial charge on any atom is -0.389 e. The maximum absolute atomic E-state index is 11.7. The summed E-state index contributed by atoms with van der Waals surface area (Å²) in [5.74, 6) is 0.323. The second-order valence-corrected chi connectivity index (χ2v) is 5.57. The first-order valence-corrected chi connectivity index (χ1v) is 6.03. The van der Waals surface area contributed by atoms with E-state index < -0.39 is 5.60 Å². The number of nitrogens with zero attached hydrogens (tertiary/aromatic N) is 2. The van der Waals surface area contributed by atoms with Crippen LogP contribution in [0.25, 0.3) is 0 Å². The summed E-state index contributed by atoms with van der Waals surface area (Å²) in [4.78, 5) is 15.9. The summed E-state index contributed by atoms with van der Waals surface area (Å²) in [6.45, 7) is 11.5. The van der Waals surface area contributed by atoms with Crippen molar-refractivity contribution in [2.75, 3.05) is 32.7 Å². The molecule has 0 bridgehead atoms. The predicted molar refractivity (Wildman–Crippen MR) is 64.2 cm³/mol. The van der Waals surface area contributed by atoms with Crippen LogP contribution in [0.4, 0.5) is 0 Å². The highest BCUT2D eigenvalue weighted by atomic mass is 16.3. The molecule has 1 rings (SSSR count). The monoisotopic (exact) mass is 228 g/mol. The van der Waals surface area contributed by atoms with Gasteiger partial charge in [0.2, 0.25) is 5.91 Å². The van der Waals surface area contributed by atoms with E-state index in [1.54, 1.807) is 0 Å². The van der Waals surface area contributed by atoms with E-state index in [1.165, 1.54) is 0 Å². The average molecular weight is 228 g/mol. The topological polar surface area (TPSA) is 43.8 Å². The molecule has 0 unspecified atom stereocenters. The van der Waals surface area contributed by atoms with Gasteiger partial charge in [0.05, 0.1) is 5.60 Å². The lowest BCUT2D eigenvalue weighted by Crippen LogP contribution is -2.52. The smallest absolute Gasteiger partial charge is 0.225 e. The largest absolute Gasteiger partial charge is 0.389 e. The van der Waals surface area contributed by atoms with Crippen LogP contribution in [0.3, 0.4) is 0 Å². The van der Waals surface area contributed by atoms with Crippen molar-refractivity contribution in [3.05, 3.63) is 0 Å². The zero-order chi connectivity index (χ0) is 12.3. The number of carbonyl (C=O) groups excluding carboxylic acids is 1. The fourth-order valence-corrected chi connectivity index (χ4v) is 2.04. The van der Waals surface area contributed by atoms with Crippen LogP contribution in [0.1, 0.15) is 27.7 Å². The molecule has 94 valence electrons. The predicted octanol–water partition coefficient (Wildman–Crippen LogP) is 0.557. The molecule has 1 saturated heterocycles. The minimum atomic E-state index is -0.649. The Bertz CT molecular complexity index is 238. The number of aliphatic hydroxyl groups is 1. The Balaban J connectivity index is 2.37. The quantitative estimate of drug-likeness (QED) is 0.767. The van der Waals surface area contributed by atoms with Crippen molar-refractivity contribution in [3.8, 4) is 0 Å². The number of β-amino-alcohol motifs (C(OH)–C–C–N with tert-alkyl or cyclic N) is 1. The number of carbonyl (C=O) groups is 1. The molecule has 0 aromatic heterocycles. The van der Waals surface area contributed by atoms with E-state index in [9.17, 15) is 9.90 Å². The molecular formula is C12H24N2O2. The summed E-state index contributed by atoms with van der Waals surface area (Å²) in [5, 5.41) is 9.71. The Morgan fingerprint density at radius 1 is 1.25 bits per heavy atom. The summed E-state index contributed by atoms with van der Waals surface area (Å²) < 4.78 is 0. The van der Waals surface area contributed by atoms with Crippen molar-refractivity contribution in [3.63, 3.8) is 0 Å². The molecule has 1 aliphatic rings. The van der Waals surface area contributed by atoms with Crippen LogP contribution in [0.5, 0.6) is 0 Å². The summed E-state index contributed by atoms with van der Waals surface area (Å²) in [6.07, 6.45) is 0. The van der Waals surface area contributed by atoms with Crippen LogP contribution in [0.2, 0.25) is 0 Å². The zero-order valence-electron chi connectivity index (χ0n) is 10.9. The van der Waals surface area contributed by atoms with E-state index in [-0.39, 0.29) is 11.8 Å². The van der Waals surface area contributed by atoms with Crippen molar-refractivity contribution >= 4 is 5.91 Å². The molecule has 16 heavy (non-hydrogen) atoms. The standard InChI is InChI=1S/C12H24N2O2/c1-10(2)11(15)14-7-5-13(6-8-14)9-12(3,4)16/h10,16H,5-9H2,1-4H3. The van der Waals surface area contributed by atoms with Gasteiger partial charge < -0.3 is 10.0 Å². The van der Waals surface area contributed by atoms with E-state index >= 15 is 0 Å². The van der Waals surface area contributed by atoms with Crippen LogP contribution < -0.4 is 0 Å². The number of amides is 1.